The molecule has 220 valence electrons. The minimum absolute atomic E-state index is 0.212. The number of carbonyl (C=O) groups is 2. The lowest BCUT2D eigenvalue weighted by Crippen LogP contribution is -2.16. The van der Waals surface area contributed by atoms with E-state index in [1.807, 2.05) is 94.1 Å². The lowest BCUT2D eigenvalue weighted by Gasteiger charge is -2.21. The first-order valence-electron chi connectivity index (χ1n) is 14.8. The van der Waals surface area contributed by atoms with Gasteiger partial charge in [-0.15, -0.1) is 0 Å². The van der Waals surface area contributed by atoms with E-state index in [2.05, 4.69) is 0 Å². The second-order valence-corrected chi connectivity index (χ2v) is 10.8. The molecule has 0 saturated carbocycles. The van der Waals surface area contributed by atoms with Gasteiger partial charge in [0.05, 0.1) is 24.6 Å². The molecule has 6 aromatic rings. The molecule has 1 aliphatic rings. The highest BCUT2D eigenvalue weighted by Crippen LogP contribution is 2.43. The molecule has 0 bridgehead atoms. The Labute approximate surface area is 254 Å². The van der Waals surface area contributed by atoms with Crippen molar-refractivity contribution in [2.75, 3.05) is 24.7 Å². The summed E-state index contributed by atoms with van der Waals surface area (Å²) in [4.78, 5) is 27.1. The summed E-state index contributed by atoms with van der Waals surface area (Å²) < 4.78 is 14.9. The molecular weight excluding hydrogens is 552 g/mol. The van der Waals surface area contributed by atoms with Crippen LogP contribution in [0.5, 0.6) is 0 Å². The highest BCUT2D eigenvalue weighted by atomic mass is 16.5. The summed E-state index contributed by atoms with van der Waals surface area (Å²) in [6, 6.07) is 28.1. The Morgan fingerprint density at radius 3 is 1.41 bits per heavy atom. The number of carbonyl (C=O) groups excluding carboxylic acids is 2. The lowest BCUT2D eigenvalue weighted by molar-refractivity contribution is 0.0516. The first-order chi connectivity index (χ1) is 21.4. The maximum absolute atomic E-state index is 13.5. The lowest BCUT2D eigenvalue weighted by atomic mass is 9.90. The van der Waals surface area contributed by atoms with Crippen molar-refractivity contribution in [2.24, 2.45) is 0 Å². The van der Waals surface area contributed by atoms with Crippen molar-refractivity contribution < 1.29 is 19.1 Å². The van der Waals surface area contributed by atoms with Crippen LogP contribution < -0.4 is 11.5 Å². The van der Waals surface area contributed by atoms with Gasteiger partial charge in [-0.25, -0.2) is 9.59 Å². The molecule has 4 aromatic carbocycles. The Balaban J connectivity index is 1.53. The maximum atomic E-state index is 13.5. The minimum atomic E-state index is -0.481. The van der Waals surface area contributed by atoms with Crippen LogP contribution in [0.3, 0.4) is 0 Å². The fraction of sp³-hybridized carbons (Fsp3) is 0.167. The van der Waals surface area contributed by atoms with E-state index in [-0.39, 0.29) is 13.2 Å². The van der Waals surface area contributed by atoms with Crippen LogP contribution in [0.2, 0.25) is 0 Å². The van der Waals surface area contributed by atoms with Gasteiger partial charge in [0, 0.05) is 35.0 Å². The van der Waals surface area contributed by atoms with Crippen LogP contribution >= 0.6 is 0 Å². The van der Waals surface area contributed by atoms with Crippen LogP contribution in [0.4, 0.5) is 11.6 Å². The van der Waals surface area contributed by atoms with Crippen LogP contribution in [0.1, 0.15) is 57.1 Å². The third-order valence-electron chi connectivity index (χ3n) is 8.50. The largest absolute Gasteiger partial charge is 0.462 e. The zero-order valence-corrected chi connectivity index (χ0v) is 24.6. The Morgan fingerprint density at radius 2 is 1.00 bits per heavy atom. The average Bonchev–Trinajstić information content (AvgIpc) is 3.48. The number of hydrogen-bond acceptors (Lipinski definition) is 6. The Bertz CT molecular complexity index is 1960. The van der Waals surface area contributed by atoms with Gasteiger partial charge in [0.1, 0.15) is 22.8 Å². The van der Waals surface area contributed by atoms with Crippen LogP contribution in [0, 0.1) is 0 Å². The molecule has 0 unspecified atom stereocenters. The molecule has 0 saturated heterocycles. The van der Waals surface area contributed by atoms with E-state index >= 15 is 0 Å². The quantitative estimate of drug-likeness (QED) is 0.213. The first-order valence-corrected chi connectivity index (χ1v) is 14.8. The molecule has 4 N–H and O–H groups in total. The molecule has 0 aliphatic heterocycles. The summed E-state index contributed by atoms with van der Waals surface area (Å²) in [5.41, 5.74) is 19.3. The van der Waals surface area contributed by atoms with E-state index in [9.17, 15) is 9.59 Å². The molecular formula is C36H32N4O4. The molecule has 0 fully saturated rings. The molecule has 8 heteroatoms. The van der Waals surface area contributed by atoms with E-state index in [1.54, 1.807) is 13.8 Å². The molecule has 0 atom stereocenters. The predicted molar refractivity (Wildman–Crippen MR) is 173 cm³/mol. The number of nitrogens with two attached hydrogens (primary N) is 2. The highest BCUT2D eigenvalue weighted by Gasteiger charge is 2.37. The number of aromatic nitrogens is 2. The minimum Gasteiger partial charge on any atom is -0.462 e. The summed E-state index contributed by atoms with van der Waals surface area (Å²) in [6.07, 6.45) is 0.626. The van der Waals surface area contributed by atoms with Crippen LogP contribution in [-0.2, 0) is 22.3 Å². The summed E-state index contributed by atoms with van der Waals surface area (Å²) in [5, 5.41) is 4.05. The van der Waals surface area contributed by atoms with Gasteiger partial charge in [-0.2, -0.15) is 0 Å². The fourth-order valence-corrected chi connectivity index (χ4v) is 6.69. The van der Waals surface area contributed by atoms with Crippen molar-refractivity contribution in [2.45, 2.75) is 26.7 Å². The number of nitrogens with zero attached hydrogens (tertiary/aromatic N) is 2. The standard InChI is InChI=1S/C36H32N4O4/c1-3-43-35(41)31-25-19-30-26(20-29(25)39(33(31)37)27-17-9-13-21-11-5-7-15-23(21)27)32(36(42)44-4-2)34(38)40(30)28-18-10-14-22-12-6-8-16-24(22)28/h5-18H,3-4,19-20,37-38H2,1-2H3. The molecule has 1 aliphatic carbocycles. The molecule has 0 amide bonds. The number of fused-ring (bicyclic) bond motifs is 4. The van der Waals surface area contributed by atoms with E-state index in [0.717, 1.165) is 55.4 Å². The number of benzene rings is 4. The monoisotopic (exact) mass is 584 g/mol. The third-order valence-corrected chi connectivity index (χ3v) is 8.50. The molecule has 44 heavy (non-hydrogen) atoms. The number of nitrogen functional groups attached to an aromatic ring is 2. The normalized spacial score (nSPS) is 12.2. The second-order valence-electron chi connectivity index (χ2n) is 10.8. The third kappa shape index (κ3) is 4.06. The topological polar surface area (TPSA) is 114 Å². The molecule has 2 aromatic heterocycles. The van der Waals surface area contributed by atoms with Gasteiger partial charge >= 0.3 is 11.9 Å². The Kier molecular flexibility index (Phi) is 6.62. The van der Waals surface area contributed by atoms with Crippen LogP contribution in [-0.4, -0.2) is 34.3 Å². The SMILES string of the molecule is CCOC(=O)c1c2c(n(-c3cccc4ccccc34)c1N)Cc1c(C(=O)OCC)c(N)n(-c3cccc4ccccc34)c1C2. The highest BCUT2D eigenvalue weighted by molar-refractivity contribution is 6.02. The van der Waals surface area contributed by atoms with Gasteiger partial charge in [0.15, 0.2) is 0 Å². The molecule has 7 rings (SSSR count). The Morgan fingerprint density at radius 1 is 0.614 bits per heavy atom. The zero-order chi connectivity index (χ0) is 30.5. The molecule has 0 radical (unpaired) electrons. The first kappa shape index (κ1) is 27.3. The number of hydrogen-bond donors (Lipinski definition) is 2. The number of ether oxygens (including phenoxy) is 2. The zero-order valence-electron chi connectivity index (χ0n) is 24.6. The molecule has 0 spiro atoms. The van der Waals surface area contributed by atoms with E-state index < -0.39 is 11.9 Å². The molecule has 8 nitrogen and oxygen atoms in total. The Hall–Kier alpha value is -5.50. The van der Waals surface area contributed by atoms with Gasteiger partial charge in [-0.1, -0.05) is 72.8 Å². The van der Waals surface area contributed by atoms with E-state index in [1.165, 1.54) is 0 Å². The van der Waals surface area contributed by atoms with Crippen LogP contribution in [0.25, 0.3) is 32.9 Å². The van der Waals surface area contributed by atoms with Gasteiger partial charge in [0.25, 0.3) is 0 Å². The second kappa shape index (κ2) is 10.6. The van der Waals surface area contributed by atoms with Crippen LogP contribution in [0.15, 0.2) is 84.9 Å². The number of rotatable bonds is 6. The van der Waals surface area contributed by atoms with Crippen molar-refractivity contribution in [1.82, 2.24) is 9.13 Å². The van der Waals surface area contributed by atoms with Gasteiger partial charge < -0.3 is 20.9 Å². The summed E-state index contributed by atoms with van der Waals surface area (Å²) in [6.45, 7) is 3.98. The van der Waals surface area contributed by atoms with Crippen molar-refractivity contribution >= 4 is 45.1 Å². The van der Waals surface area contributed by atoms with Gasteiger partial charge in [-0.3, -0.25) is 9.13 Å². The summed E-state index contributed by atoms with van der Waals surface area (Å²) >= 11 is 0. The predicted octanol–water partition coefficient (Wildman–Crippen LogP) is 6.59. The van der Waals surface area contributed by atoms with Crippen molar-refractivity contribution in [3.05, 3.63) is 119 Å². The van der Waals surface area contributed by atoms with Gasteiger partial charge in [0.2, 0.25) is 0 Å². The number of anilines is 2. The average molecular weight is 585 g/mol. The van der Waals surface area contributed by atoms with Gasteiger partial charge in [-0.05, 0) is 47.9 Å². The van der Waals surface area contributed by atoms with Crippen molar-refractivity contribution in [1.29, 1.82) is 0 Å². The summed E-state index contributed by atoms with van der Waals surface area (Å²) in [7, 11) is 0. The fourth-order valence-electron chi connectivity index (χ4n) is 6.69. The maximum Gasteiger partial charge on any atom is 0.342 e. The smallest absolute Gasteiger partial charge is 0.342 e. The van der Waals surface area contributed by atoms with Crippen molar-refractivity contribution in [3.8, 4) is 11.4 Å². The van der Waals surface area contributed by atoms with E-state index in [0.29, 0.717) is 35.6 Å². The number of esters is 2. The molecule has 2 heterocycles. The van der Waals surface area contributed by atoms with E-state index in [4.69, 9.17) is 20.9 Å². The van der Waals surface area contributed by atoms with Crippen molar-refractivity contribution in [3.63, 3.8) is 0 Å². The summed E-state index contributed by atoms with van der Waals surface area (Å²) in [5.74, 6) is -0.356.